The van der Waals surface area contributed by atoms with E-state index in [-0.39, 0.29) is 6.10 Å². The zero-order valence-corrected chi connectivity index (χ0v) is 11.9. The van der Waals surface area contributed by atoms with Crippen molar-refractivity contribution in [3.05, 3.63) is 34.9 Å². The van der Waals surface area contributed by atoms with Gasteiger partial charge in [-0.3, -0.25) is 0 Å². The third kappa shape index (κ3) is 3.27. The Morgan fingerprint density at radius 2 is 2.00 bits per heavy atom. The number of hydrogen-bond donors (Lipinski definition) is 1. The molecular weight excluding hydrogens is 244 g/mol. The van der Waals surface area contributed by atoms with Crippen LogP contribution >= 0.6 is 11.6 Å². The second kappa shape index (κ2) is 6.58. The Bertz CT molecular complexity index is 377. The summed E-state index contributed by atoms with van der Waals surface area (Å²) < 4.78 is 0. The molecule has 3 atom stereocenters. The Morgan fingerprint density at radius 3 is 2.72 bits per heavy atom. The van der Waals surface area contributed by atoms with Crippen LogP contribution in [-0.2, 0) is 6.42 Å². The van der Waals surface area contributed by atoms with Gasteiger partial charge in [-0.15, -0.1) is 0 Å². The van der Waals surface area contributed by atoms with Gasteiger partial charge in [-0.25, -0.2) is 0 Å². The minimum atomic E-state index is -0.241. The summed E-state index contributed by atoms with van der Waals surface area (Å²) in [6, 6.07) is 7.86. The molecule has 0 heterocycles. The van der Waals surface area contributed by atoms with Crippen molar-refractivity contribution in [1.29, 1.82) is 0 Å². The Balaban J connectivity index is 2.02. The van der Waals surface area contributed by atoms with Crippen LogP contribution < -0.4 is 0 Å². The van der Waals surface area contributed by atoms with Crippen LogP contribution in [0.2, 0.25) is 5.02 Å². The number of rotatable bonds is 4. The molecular formula is C16H23ClO. The molecule has 0 aromatic heterocycles. The van der Waals surface area contributed by atoms with E-state index in [1.165, 1.54) is 32.1 Å². The van der Waals surface area contributed by atoms with Crippen LogP contribution in [0.5, 0.6) is 0 Å². The van der Waals surface area contributed by atoms with E-state index < -0.39 is 0 Å². The van der Waals surface area contributed by atoms with Crippen LogP contribution in [0.3, 0.4) is 0 Å². The largest absolute Gasteiger partial charge is 0.392 e. The minimum absolute atomic E-state index is 0.241. The lowest BCUT2D eigenvalue weighted by atomic mass is 9.74. The molecule has 0 aliphatic heterocycles. The molecule has 0 radical (unpaired) electrons. The van der Waals surface area contributed by atoms with Gasteiger partial charge in [0, 0.05) is 11.4 Å². The van der Waals surface area contributed by atoms with Crippen LogP contribution in [0.15, 0.2) is 24.3 Å². The molecule has 2 rings (SSSR count). The zero-order chi connectivity index (χ0) is 13.0. The van der Waals surface area contributed by atoms with Crippen LogP contribution in [0, 0.1) is 11.8 Å². The Kier molecular flexibility index (Phi) is 5.08. The van der Waals surface area contributed by atoms with Crippen LogP contribution in [0.1, 0.15) is 44.6 Å². The quantitative estimate of drug-likeness (QED) is 0.853. The molecule has 1 N–H and O–H groups in total. The fraction of sp³-hybridized carbons (Fsp3) is 0.625. The molecule has 1 aromatic carbocycles. The van der Waals surface area contributed by atoms with Crippen molar-refractivity contribution in [2.75, 3.05) is 0 Å². The van der Waals surface area contributed by atoms with Gasteiger partial charge in [-0.2, -0.15) is 0 Å². The number of aliphatic hydroxyl groups excluding tert-OH is 1. The monoisotopic (exact) mass is 266 g/mol. The molecule has 1 aliphatic rings. The van der Waals surface area contributed by atoms with Crippen molar-refractivity contribution in [2.24, 2.45) is 11.8 Å². The summed E-state index contributed by atoms with van der Waals surface area (Å²) in [7, 11) is 0. The molecule has 1 aliphatic carbocycles. The predicted octanol–water partition coefficient (Wildman–Crippen LogP) is 4.46. The predicted molar refractivity (Wildman–Crippen MR) is 76.9 cm³/mol. The summed E-state index contributed by atoms with van der Waals surface area (Å²) in [6.45, 7) is 2.24. The van der Waals surface area contributed by atoms with Gasteiger partial charge in [0.1, 0.15) is 0 Å². The van der Waals surface area contributed by atoms with Crippen molar-refractivity contribution in [3.63, 3.8) is 0 Å². The van der Waals surface area contributed by atoms with Gasteiger partial charge < -0.3 is 5.11 Å². The molecule has 0 spiro atoms. The summed E-state index contributed by atoms with van der Waals surface area (Å²) in [5.41, 5.74) is 1.08. The van der Waals surface area contributed by atoms with E-state index in [4.69, 9.17) is 11.6 Å². The van der Waals surface area contributed by atoms with Crippen LogP contribution in [-0.4, -0.2) is 11.2 Å². The van der Waals surface area contributed by atoms with Gasteiger partial charge in [-0.1, -0.05) is 62.4 Å². The Labute approximate surface area is 115 Å². The zero-order valence-electron chi connectivity index (χ0n) is 11.1. The third-order valence-corrected chi connectivity index (χ3v) is 4.74. The molecule has 18 heavy (non-hydrogen) atoms. The summed E-state index contributed by atoms with van der Waals surface area (Å²) in [4.78, 5) is 0. The van der Waals surface area contributed by atoms with Crippen molar-refractivity contribution in [2.45, 2.75) is 51.6 Å². The highest BCUT2D eigenvalue weighted by atomic mass is 35.5. The van der Waals surface area contributed by atoms with Crippen molar-refractivity contribution < 1.29 is 5.11 Å². The Hall–Kier alpha value is -0.530. The lowest BCUT2D eigenvalue weighted by Gasteiger charge is -2.34. The van der Waals surface area contributed by atoms with E-state index in [9.17, 15) is 5.11 Å². The lowest BCUT2D eigenvalue weighted by Crippen LogP contribution is -2.32. The molecule has 2 heteroatoms. The average molecular weight is 267 g/mol. The van der Waals surface area contributed by atoms with Gasteiger partial charge in [0.15, 0.2) is 0 Å². The standard InChI is InChI=1S/C16H23ClO/c1-2-12-7-3-5-9-14(12)16(18)11-13-8-4-6-10-15(13)17/h4,6,8,10,12,14,16,18H,2-3,5,7,9,11H2,1H3. The van der Waals surface area contributed by atoms with Gasteiger partial charge in [0.25, 0.3) is 0 Å². The first-order valence-corrected chi connectivity index (χ1v) is 7.51. The average Bonchev–Trinajstić information content (AvgIpc) is 2.41. The number of benzene rings is 1. The van der Waals surface area contributed by atoms with Crippen molar-refractivity contribution in [1.82, 2.24) is 0 Å². The molecule has 1 saturated carbocycles. The number of hydrogen-bond acceptors (Lipinski definition) is 1. The maximum atomic E-state index is 10.5. The molecule has 3 unspecified atom stereocenters. The maximum Gasteiger partial charge on any atom is 0.0611 e. The third-order valence-electron chi connectivity index (χ3n) is 4.37. The smallest absolute Gasteiger partial charge is 0.0611 e. The molecule has 0 bridgehead atoms. The normalized spacial score (nSPS) is 25.9. The molecule has 1 aromatic rings. The van der Waals surface area contributed by atoms with Gasteiger partial charge in [-0.05, 0) is 29.9 Å². The first kappa shape index (κ1) is 13.9. The molecule has 1 fully saturated rings. The minimum Gasteiger partial charge on any atom is -0.392 e. The maximum absolute atomic E-state index is 10.5. The van der Waals surface area contributed by atoms with E-state index in [0.29, 0.717) is 18.3 Å². The summed E-state index contributed by atoms with van der Waals surface area (Å²) in [6.07, 6.45) is 6.68. The lowest BCUT2D eigenvalue weighted by molar-refractivity contribution is 0.0464. The van der Waals surface area contributed by atoms with Crippen LogP contribution in [0.25, 0.3) is 0 Å². The fourth-order valence-corrected chi connectivity index (χ4v) is 3.50. The van der Waals surface area contributed by atoms with Gasteiger partial charge >= 0.3 is 0 Å². The van der Waals surface area contributed by atoms with Crippen molar-refractivity contribution in [3.8, 4) is 0 Å². The highest BCUT2D eigenvalue weighted by Gasteiger charge is 2.29. The fourth-order valence-electron chi connectivity index (χ4n) is 3.29. The van der Waals surface area contributed by atoms with Crippen molar-refractivity contribution >= 4 is 11.6 Å². The molecule has 0 amide bonds. The van der Waals surface area contributed by atoms with Gasteiger partial charge in [0.05, 0.1) is 6.10 Å². The second-order valence-electron chi connectivity index (χ2n) is 5.48. The first-order chi connectivity index (χ1) is 8.72. The molecule has 100 valence electrons. The van der Waals surface area contributed by atoms with E-state index in [1.807, 2.05) is 24.3 Å². The Morgan fingerprint density at radius 1 is 1.28 bits per heavy atom. The molecule has 0 saturated heterocycles. The summed E-state index contributed by atoms with van der Waals surface area (Å²) >= 11 is 6.17. The van der Waals surface area contributed by atoms with E-state index in [1.54, 1.807) is 0 Å². The molecule has 1 nitrogen and oxygen atoms in total. The number of halogens is 1. The van der Waals surface area contributed by atoms with E-state index in [0.717, 1.165) is 10.6 Å². The summed E-state index contributed by atoms with van der Waals surface area (Å²) in [5, 5.41) is 11.3. The van der Waals surface area contributed by atoms with Crippen LogP contribution in [0.4, 0.5) is 0 Å². The first-order valence-electron chi connectivity index (χ1n) is 7.13. The highest BCUT2D eigenvalue weighted by Crippen LogP contribution is 2.35. The van der Waals surface area contributed by atoms with E-state index >= 15 is 0 Å². The topological polar surface area (TPSA) is 20.2 Å². The highest BCUT2D eigenvalue weighted by molar-refractivity contribution is 6.31. The van der Waals surface area contributed by atoms with E-state index in [2.05, 4.69) is 6.92 Å². The summed E-state index contributed by atoms with van der Waals surface area (Å²) in [5.74, 6) is 1.15. The van der Waals surface area contributed by atoms with Gasteiger partial charge in [0.2, 0.25) is 0 Å². The number of aliphatic hydroxyl groups is 1. The SMILES string of the molecule is CCC1CCCCC1C(O)Cc1ccccc1Cl. The second-order valence-corrected chi connectivity index (χ2v) is 5.89.